The van der Waals surface area contributed by atoms with Gasteiger partial charge in [-0.3, -0.25) is 0 Å². The highest BCUT2D eigenvalue weighted by Gasteiger charge is 2.31. The van der Waals surface area contributed by atoms with Crippen molar-refractivity contribution in [3.05, 3.63) is 29.8 Å². The van der Waals surface area contributed by atoms with E-state index in [1.165, 1.54) is 6.07 Å². The van der Waals surface area contributed by atoms with Gasteiger partial charge in [0.1, 0.15) is 5.60 Å². The summed E-state index contributed by atoms with van der Waals surface area (Å²) in [5.41, 5.74) is -0.705. The lowest BCUT2D eigenvalue weighted by Crippen LogP contribution is -2.50. The molecule has 1 fully saturated rings. The van der Waals surface area contributed by atoms with Gasteiger partial charge in [0.15, 0.2) is 0 Å². The van der Waals surface area contributed by atoms with Crippen molar-refractivity contribution in [2.24, 2.45) is 0 Å². The molecule has 0 atom stereocenters. The minimum absolute atomic E-state index is 0.388. The Morgan fingerprint density at radius 1 is 1.09 bits per heavy atom. The summed E-state index contributed by atoms with van der Waals surface area (Å²) in [7, 11) is 0. The summed E-state index contributed by atoms with van der Waals surface area (Å²) >= 11 is 0. The standard InChI is InChI=1S/C16H21F3N2O2/c1-15(2,3)23-14(22)21-9-7-20(8-10-21)13-6-4-5-12(11-13)16(17,18)19/h4-6,11H,7-10H2,1-3H3. The molecule has 23 heavy (non-hydrogen) atoms. The maximum Gasteiger partial charge on any atom is 0.416 e. The summed E-state index contributed by atoms with van der Waals surface area (Å²) in [4.78, 5) is 15.4. The molecule has 0 saturated carbocycles. The Morgan fingerprint density at radius 3 is 2.22 bits per heavy atom. The first kappa shape index (κ1) is 17.4. The molecule has 1 aliphatic rings. The summed E-state index contributed by atoms with van der Waals surface area (Å²) in [5.74, 6) is 0. The first-order chi connectivity index (χ1) is 10.6. The molecule has 0 radical (unpaired) electrons. The van der Waals surface area contributed by atoms with Crippen molar-refractivity contribution in [2.75, 3.05) is 31.1 Å². The molecule has 1 aromatic rings. The second-order valence-electron chi connectivity index (χ2n) is 6.50. The lowest BCUT2D eigenvalue weighted by molar-refractivity contribution is -0.137. The van der Waals surface area contributed by atoms with Crippen LogP contribution in [-0.2, 0) is 10.9 Å². The lowest BCUT2D eigenvalue weighted by atomic mass is 10.1. The maximum atomic E-state index is 12.8. The third kappa shape index (κ3) is 4.77. The van der Waals surface area contributed by atoms with Crippen LogP contribution in [0.4, 0.5) is 23.7 Å². The zero-order valence-electron chi connectivity index (χ0n) is 13.5. The molecule has 128 valence electrons. The van der Waals surface area contributed by atoms with Crippen LogP contribution in [0.15, 0.2) is 24.3 Å². The first-order valence-electron chi connectivity index (χ1n) is 7.46. The van der Waals surface area contributed by atoms with Crippen LogP contribution in [0.2, 0.25) is 0 Å². The maximum absolute atomic E-state index is 12.8. The van der Waals surface area contributed by atoms with Crippen molar-refractivity contribution in [3.8, 4) is 0 Å². The second-order valence-corrected chi connectivity index (χ2v) is 6.50. The summed E-state index contributed by atoms with van der Waals surface area (Å²) in [6, 6.07) is 5.25. The van der Waals surface area contributed by atoms with E-state index in [0.717, 1.165) is 12.1 Å². The third-order valence-electron chi connectivity index (χ3n) is 3.47. The Balaban J connectivity index is 1.98. The predicted octanol–water partition coefficient (Wildman–Crippen LogP) is 3.76. The van der Waals surface area contributed by atoms with Crippen molar-refractivity contribution in [1.29, 1.82) is 0 Å². The number of benzene rings is 1. The van der Waals surface area contributed by atoms with Crippen LogP contribution >= 0.6 is 0 Å². The molecule has 1 amide bonds. The highest BCUT2D eigenvalue weighted by atomic mass is 19.4. The molecular weight excluding hydrogens is 309 g/mol. The number of rotatable bonds is 1. The van der Waals surface area contributed by atoms with E-state index in [-0.39, 0.29) is 6.09 Å². The number of amides is 1. The molecule has 0 N–H and O–H groups in total. The number of piperazine rings is 1. The van der Waals surface area contributed by atoms with Gasteiger partial charge in [-0.1, -0.05) is 6.07 Å². The van der Waals surface area contributed by atoms with Gasteiger partial charge in [-0.25, -0.2) is 4.79 Å². The number of anilines is 1. The average Bonchev–Trinajstić information content (AvgIpc) is 2.45. The molecule has 1 saturated heterocycles. The van der Waals surface area contributed by atoms with Crippen molar-refractivity contribution in [3.63, 3.8) is 0 Å². The first-order valence-corrected chi connectivity index (χ1v) is 7.46. The summed E-state index contributed by atoms with van der Waals surface area (Å²) in [6.45, 7) is 7.18. The fourth-order valence-electron chi connectivity index (χ4n) is 2.35. The minimum atomic E-state index is -4.35. The van der Waals surface area contributed by atoms with E-state index < -0.39 is 17.3 Å². The summed E-state index contributed by atoms with van der Waals surface area (Å²) in [5, 5.41) is 0. The van der Waals surface area contributed by atoms with Gasteiger partial charge in [0.25, 0.3) is 0 Å². The van der Waals surface area contributed by atoms with Gasteiger partial charge in [0.2, 0.25) is 0 Å². The van der Waals surface area contributed by atoms with E-state index in [9.17, 15) is 18.0 Å². The molecule has 1 heterocycles. The molecular formula is C16H21F3N2O2. The molecule has 0 unspecified atom stereocenters. The number of alkyl halides is 3. The van der Waals surface area contributed by atoms with Gasteiger partial charge < -0.3 is 14.5 Å². The zero-order chi connectivity index (χ0) is 17.3. The third-order valence-corrected chi connectivity index (χ3v) is 3.47. The van der Waals surface area contributed by atoms with Crippen LogP contribution in [-0.4, -0.2) is 42.8 Å². The van der Waals surface area contributed by atoms with Crippen molar-refractivity contribution in [1.82, 2.24) is 4.90 Å². The fourth-order valence-corrected chi connectivity index (χ4v) is 2.35. The predicted molar refractivity (Wildman–Crippen MR) is 81.5 cm³/mol. The number of carbonyl (C=O) groups excluding carboxylic acids is 1. The molecule has 0 spiro atoms. The summed E-state index contributed by atoms with van der Waals surface area (Å²) < 4.78 is 43.6. The average molecular weight is 330 g/mol. The quantitative estimate of drug-likeness (QED) is 0.786. The van der Waals surface area contributed by atoms with E-state index in [4.69, 9.17) is 4.74 Å². The number of carbonyl (C=O) groups is 1. The zero-order valence-corrected chi connectivity index (χ0v) is 13.5. The lowest BCUT2D eigenvalue weighted by Gasteiger charge is -2.36. The van der Waals surface area contributed by atoms with Gasteiger partial charge in [0, 0.05) is 31.9 Å². The van der Waals surface area contributed by atoms with Crippen LogP contribution in [0.1, 0.15) is 26.3 Å². The van der Waals surface area contributed by atoms with Crippen LogP contribution in [0, 0.1) is 0 Å². The molecule has 4 nitrogen and oxygen atoms in total. The molecule has 0 aliphatic carbocycles. The Bertz CT molecular complexity index is 559. The molecule has 1 aliphatic heterocycles. The van der Waals surface area contributed by atoms with E-state index in [1.54, 1.807) is 31.7 Å². The highest BCUT2D eigenvalue weighted by molar-refractivity contribution is 5.68. The Morgan fingerprint density at radius 2 is 1.70 bits per heavy atom. The molecule has 2 rings (SSSR count). The molecule has 7 heteroatoms. The van der Waals surface area contributed by atoms with Gasteiger partial charge in [-0.05, 0) is 39.0 Å². The van der Waals surface area contributed by atoms with E-state index in [1.807, 2.05) is 4.90 Å². The number of nitrogens with zero attached hydrogens (tertiary/aromatic N) is 2. The topological polar surface area (TPSA) is 32.8 Å². The van der Waals surface area contributed by atoms with Gasteiger partial charge in [-0.15, -0.1) is 0 Å². The Kier molecular flexibility index (Phi) is 4.77. The molecule has 0 aromatic heterocycles. The largest absolute Gasteiger partial charge is 0.444 e. The number of halogens is 3. The molecule has 1 aromatic carbocycles. The normalized spacial score (nSPS) is 16.4. The summed E-state index contributed by atoms with van der Waals surface area (Å²) in [6.07, 6.45) is -4.74. The van der Waals surface area contributed by atoms with Gasteiger partial charge >= 0.3 is 12.3 Å². The van der Waals surface area contributed by atoms with Gasteiger partial charge in [0.05, 0.1) is 5.56 Å². The number of hydrogen-bond donors (Lipinski definition) is 0. The fraction of sp³-hybridized carbons (Fsp3) is 0.562. The second kappa shape index (κ2) is 6.29. The van der Waals surface area contributed by atoms with Crippen LogP contribution < -0.4 is 4.90 Å². The van der Waals surface area contributed by atoms with E-state index in [2.05, 4.69) is 0 Å². The van der Waals surface area contributed by atoms with Crippen molar-refractivity contribution < 1.29 is 22.7 Å². The Labute approximate surface area is 133 Å². The number of hydrogen-bond acceptors (Lipinski definition) is 3. The Hall–Kier alpha value is -1.92. The number of ether oxygens (including phenoxy) is 1. The monoisotopic (exact) mass is 330 g/mol. The van der Waals surface area contributed by atoms with Crippen molar-refractivity contribution >= 4 is 11.8 Å². The smallest absolute Gasteiger partial charge is 0.416 e. The SMILES string of the molecule is CC(C)(C)OC(=O)N1CCN(c2cccc(C(F)(F)F)c2)CC1. The van der Waals surface area contributed by atoms with Crippen LogP contribution in [0.5, 0.6) is 0 Å². The van der Waals surface area contributed by atoms with E-state index >= 15 is 0 Å². The molecule has 0 bridgehead atoms. The minimum Gasteiger partial charge on any atom is -0.444 e. The van der Waals surface area contributed by atoms with Crippen LogP contribution in [0.3, 0.4) is 0 Å². The van der Waals surface area contributed by atoms with Gasteiger partial charge in [-0.2, -0.15) is 13.2 Å². The van der Waals surface area contributed by atoms with Crippen molar-refractivity contribution in [2.45, 2.75) is 32.5 Å². The highest BCUT2D eigenvalue weighted by Crippen LogP contribution is 2.31. The van der Waals surface area contributed by atoms with Crippen LogP contribution in [0.25, 0.3) is 0 Å². The van der Waals surface area contributed by atoms with E-state index in [0.29, 0.717) is 31.9 Å².